The van der Waals surface area contributed by atoms with Gasteiger partial charge in [0.2, 0.25) is 0 Å². The van der Waals surface area contributed by atoms with Crippen LogP contribution < -0.4 is 5.73 Å². The fourth-order valence-electron chi connectivity index (χ4n) is 2.68. The molecule has 0 radical (unpaired) electrons. The first-order valence-electron chi connectivity index (χ1n) is 5.54. The third-order valence-electron chi connectivity index (χ3n) is 3.93. The Morgan fingerprint density at radius 1 is 1.38 bits per heavy atom. The molecule has 2 unspecified atom stereocenters. The summed E-state index contributed by atoms with van der Waals surface area (Å²) in [6, 6.07) is 5.24. The molecule has 1 aliphatic carbocycles. The summed E-state index contributed by atoms with van der Waals surface area (Å²) < 4.78 is 13.8. The molecule has 3 rings (SSSR count). The van der Waals surface area contributed by atoms with E-state index in [2.05, 4.69) is 18.8 Å². The molecule has 1 aromatic carbocycles. The van der Waals surface area contributed by atoms with Crippen LogP contribution >= 0.6 is 0 Å². The molecule has 0 spiro atoms. The second kappa shape index (κ2) is 2.86. The topological polar surface area (TPSA) is 41.8 Å². The molecular weight excluding hydrogens is 203 g/mol. The van der Waals surface area contributed by atoms with Crippen molar-refractivity contribution in [2.45, 2.75) is 25.8 Å². The van der Waals surface area contributed by atoms with E-state index in [0.29, 0.717) is 5.39 Å². The second-order valence-corrected chi connectivity index (χ2v) is 5.23. The van der Waals surface area contributed by atoms with Gasteiger partial charge in [-0.1, -0.05) is 19.9 Å². The van der Waals surface area contributed by atoms with Gasteiger partial charge < -0.3 is 10.7 Å². The Kier molecular flexibility index (Phi) is 1.76. The van der Waals surface area contributed by atoms with Crippen LogP contribution in [-0.4, -0.2) is 11.0 Å². The quantitative estimate of drug-likeness (QED) is 0.759. The average Bonchev–Trinajstić information content (AvgIpc) is 2.63. The molecule has 0 saturated heterocycles. The summed E-state index contributed by atoms with van der Waals surface area (Å²) in [4.78, 5) is 3.11. The molecule has 84 valence electrons. The highest BCUT2D eigenvalue weighted by Crippen LogP contribution is 2.58. The Labute approximate surface area is 93.6 Å². The lowest BCUT2D eigenvalue weighted by molar-refractivity contribution is 0.598. The second-order valence-electron chi connectivity index (χ2n) is 5.23. The first kappa shape index (κ1) is 9.85. The van der Waals surface area contributed by atoms with Crippen molar-refractivity contribution in [1.29, 1.82) is 0 Å². The Morgan fingerprint density at radius 2 is 2.06 bits per heavy atom. The largest absolute Gasteiger partial charge is 0.361 e. The maximum Gasteiger partial charge on any atom is 0.132 e. The lowest BCUT2D eigenvalue weighted by Gasteiger charge is -2.01. The number of H-pyrrole nitrogens is 1. The molecule has 2 nitrogen and oxygen atoms in total. The maximum atomic E-state index is 13.8. The molecular formula is C13H15FN2. The minimum atomic E-state index is -0.163. The van der Waals surface area contributed by atoms with Gasteiger partial charge in [-0.3, -0.25) is 0 Å². The van der Waals surface area contributed by atoms with E-state index < -0.39 is 0 Å². The number of nitrogens with one attached hydrogen (secondary N) is 1. The summed E-state index contributed by atoms with van der Waals surface area (Å²) in [5, 5.41) is 0.702. The van der Waals surface area contributed by atoms with Crippen LogP contribution in [0.5, 0.6) is 0 Å². The Morgan fingerprint density at radius 3 is 2.69 bits per heavy atom. The number of fused-ring (bicyclic) bond motifs is 1. The summed E-state index contributed by atoms with van der Waals surface area (Å²) in [6.45, 7) is 4.25. The molecule has 3 heteroatoms. The van der Waals surface area contributed by atoms with Crippen molar-refractivity contribution in [3.05, 3.63) is 35.8 Å². The van der Waals surface area contributed by atoms with Gasteiger partial charge in [-0.25, -0.2) is 4.39 Å². The monoisotopic (exact) mass is 218 g/mol. The van der Waals surface area contributed by atoms with Gasteiger partial charge in [-0.05, 0) is 23.1 Å². The summed E-state index contributed by atoms with van der Waals surface area (Å²) in [7, 11) is 0. The zero-order valence-electron chi connectivity index (χ0n) is 9.42. The standard InChI is InChI=1S/C13H15FN2/c1-13(2)11(12(13)15)7-6-16-9-5-3-4-8(14)10(7)9/h3-6,11-12,16H,15H2,1-2H3. The van der Waals surface area contributed by atoms with Crippen molar-refractivity contribution in [1.82, 2.24) is 4.98 Å². The molecule has 0 aliphatic heterocycles. The van der Waals surface area contributed by atoms with Gasteiger partial charge in [0.05, 0.1) is 0 Å². The first-order chi connectivity index (χ1) is 7.53. The van der Waals surface area contributed by atoms with E-state index >= 15 is 0 Å². The highest BCUT2D eigenvalue weighted by Gasteiger charge is 2.57. The maximum absolute atomic E-state index is 13.8. The van der Waals surface area contributed by atoms with Crippen LogP contribution in [0.2, 0.25) is 0 Å². The first-order valence-corrected chi connectivity index (χ1v) is 5.54. The zero-order valence-corrected chi connectivity index (χ0v) is 9.42. The van der Waals surface area contributed by atoms with E-state index in [1.165, 1.54) is 6.07 Å². The van der Waals surface area contributed by atoms with Crippen molar-refractivity contribution >= 4 is 10.9 Å². The minimum absolute atomic E-state index is 0.0808. The van der Waals surface area contributed by atoms with Crippen LogP contribution in [0.15, 0.2) is 24.4 Å². The van der Waals surface area contributed by atoms with Gasteiger partial charge in [-0.15, -0.1) is 0 Å². The Balaban J connectivity index is 2.20. The third kappa shape index (κ3) is 1.09. The predicted octanol–water partition coefficient (Wildman–Crippen LogP) is 2.76. The Bertz CT molecular complexity index is 556. The molecule has 1 aliphatic rings. The van der Waals surface area contributed by atoms with Crippen molar-refractivity contribution in [3.63, 3.8) is 0 Å². The van der Waals surface area contributed by atoms with Crippen molar-refractivity contribution in [2.75, 3.05) is 0 Å². The number of aromatic nitrogens is 1. The smallest absolute Gasteiger partial charge is 0.132 e. The van der Waals surface area contributed by atoms with Gasteiger partial charge in [0.1, 0.15) is 5.82 Å². The van der Waals surface area contributed by atoms with Crippen LogP contribution in [0.1, 0.15) is 25.3 Å². The predicted molar refractivity (Wildman–Crippen MR) is 62.8 cm³/mol. The number of nitrogens with two attached hydrogens (primary N) is 1. The summed E-state index contributed by atoms with van der Waals surface area (Å²) in [6.07, 6.45) is 1.90. The molecule has 3 N–H and O–H groups in total. The minimum Gasteiger partial charge on any atom is -0.361 e. The molecule has 0 amide bonds. The van der Waals surface area contributed by atoms with Crippen molar-refractivity contribution in [2.24, 2.45) is 11.1 Å². The number of benzene rings is 1. The summed E-state index contributed by atoms with van der Waals surface area (Å²) in [5.74, 6) is 0.0989. The normalized spacial score (nSPS) is 27.2. The molecule has 1 aromatic heterocycles. The number of rotatable bonds is 1. The lowest BCUT2D eigenvalue weighted by atomic mass is 10.0. The summed E-state index contributed by atoms with van der Waals surface area (Å²) >= 11 is 0. The van der Waals surface area contributed by atoms with Gasteiger partial charge in [0.25, 0.3) is 0 Å². The molecule has 1 saturated carbocycles. The highest BCUT2D eigenvalue weighted by molar-refractivity contribution is 5.85. The van der Waals surface area contributed by atoms with Crippen molar-refractivity contribution in [3.8, 4) is 0 Å². The lowest BCUT2D eigenvalue weighted by Crippen LogP contribution is -2.06. The molecule has 1 fully saturated rings. The molecule has 2 atom stereocenters. The van der Waals surface area contributed by atoms with E-state index in [-0.39, 0.29) is 23.2 Å². The van der Waals surface area contributed by atoms with Gasteiger partial charge in [0, 0.05) is 29.1 Å². The van der Waals surface area contributed by atoms with Crippen molar-refractivity contribution < 1.29 is 4.39 Å². The van der Waals surface area contributed by atoms with E-state index in [9.17, 15) is 4.39 Å². The molecule has 2 aromatic rings. The van der Waals surface area contributed by atoms with Gasteiger partial charge in [-0.2, -0.15) is 0 Å². The molecule has 1 heterocycles. The fourth-order valence-corrected chi connectivity index (χ4v) is 2.68. The number of hydrogen-bond donors (Lipinski definition) is 2. The Hall–Kier alpha value is -1.35. The van der Waals surface area contributed by atoms with E-state index in [0.717, 1.165) is 11.1 Å². The van der Waals surface area contributed by atoms with Crippen LogP contribution in [0.25, 0.3) is 10.9 Å². The van der Waals surface area contributed by atoms with Crippen LogP contribution in [0, 0.1) is 11.2 Å². The SMILES string of the molecule is CC1(C)C(N)C1c1c[nH]c2cccc(F)c12. The fraction of sp³-hybridized carbons (Fsp3) is 0.385. The van der Waals surface area contributed by atoms with Crippen LogP contribution in [0.3, 0.4) is 0 Å². The molecule has 0 bridgehead atoms. The number of halogens is 1. The van der Waals surface area contributed by atoms with Gasteiger partial charge >= 0.3 is 0 Å². The summed E-state index contributed by atoms with van der Waals surface area (Å²) in [5.41, 5.74) is 7.99. The zero-order chi connectivity index (χ0) is 11.5. The van der Waals surface area contributed by atoms with E-state index in [1.807, 2.05) is 12.3 Å². The number of aromatic amines is 1. The average molecular weight is 218 g/mol. The van der Waals surface area contributed by atoms with Crippen LogP contribution in [0.4, 0.5) is 4.39 Å². The highest BCUT2D eigenvalue weighted by atomic mass is 19.1. The van der Waals surface area contributed by atoms with E-state index in [1.54, 1.807) is 6.07 Å². The van der Waals surface area contributed by atoms with E-state index in [4.69, 9.17) is 5.73 Å². The molecule has 16 heavy (non-hydrogen) atoms. The van der Waals surface area contributed by atoms with Crippen LogP contribution in [-0.2, 0) is 0 Å². The number of hydrogen-bond acceptors (Lipinski definition) is 1. The third-order valence-corrected chi connectivity index (χ3v) is 3.93. The van der Waals surface area contributed by atoms with Gasteiger partial charge in [0.15, 0.2) is 0 Å².